The summed E-state index contributed by atoms with van der Waals surface area (Å²) in [6.45, 7) is 0. The molecule has 2 aliphatic carbocycles. The molecule has 360 valence electrons. The van der Waals surface area contributed by atoms with Gasteiger partial charge in [0.2, 0.25) is 0 Å². The largest absolute Gasteiger partial charge is 0.457 e. The summed E-state index contributed by atoms with van der Waals surface area (Å²) in [5.74, 6) is 3.52. The topological polar surface area (TPSA) is 21.7 Å². The molecule has 3 heteroatoms. The molecule has 0 aromatic heterocycles. The lowest BCUT2D eigenvalue weighted by atomic mass is 9.66. The zero-order valence-corrected chi connectivity index (χ0v) is 41.9. The molecule has 2 spiro atoms. The van der Waals surface area contributed by atoms with E-state index >= 15 is 0 Å². The molecule has 4 aliphatic rings. The number of rotatable bonds is 6. The van der Waals surface area contributed by atoms with Crippen molar-refractivity contribution in [1.82, 2.24) is 0 Å². The third kappa shape index (κ3) is 5.97. The summed E-state index contributed by atoms with van der Waals surface area (Å²) in [4.78, 5) is 2.54. The molecule has 0 bridgehead atoms. The standard InChI is InChI=1S/C74H47NO2/c1-2-24-48(25-3-1)49-26-6-15-41-64(49)75(65-42-16-7-27-50(65)52-31-22-39-62-71(52)54-29-4-9-33-56(54)73(62)58-35-11-18-44-67(58)76-68-45-19-12-36-59(68)73)66-43-17-8-28-51(66)53-32-23-40-63-72(53)55-30-5-10-34-57(55)74(63)60-37-13-20-46-69(60)77-70-47-21-14-38-61(70)74/h1-47H. The van der Waals surface area contributed by atoms with Gasteiger partial charge < -0.3 is 14.4 Å². The van der Waals surface area contributed by atoms with Gasteiger partial charge in [-0.2, -0.15) is 0 Å². The van der Waals surface area contributed by atoms with E-state index in [0.29, 0.717) is 0 Å². The molecule has 0 fully saturated rings. The van der Waals surface area contributed by atoms with E-state index in [9.17, 15) is 0 Å². The van der Waals surface area contributed by atoms with Crippen molar-refractivity contribution < 1.29 is 9.47 Å². The third-order valence-electron chi connectivity index (χ3n) is 16.8. The van der Waals surface area contributed by atoms with Gasteiger partial charge in [-0.05, 0) is 104 Å². The van der Waals surface area contributed by atoms with Gasteiger partial charge in [0.25, 0.3) is 0 Å². The average molecular weight is 982 g/mol. The van der Waals surface area contributed by atoms with Gasteiger partial charge in [-0.3, -0.25) is 0 Å². The van der Waals surface area contributed by atoms with E-state index < -0.39 is 10.8 Å². The molecular formula is C74H47NO2. The molecule has 0 saturated carbocycles. The molecule has 0 radical (unpaired) electrons. The summed E-state index contributed by atoms with van der Waals surface area (Å²) < 4.78 is 13.5. The van der Waals surface area contributed by atoms with E-state index in [4.69, 9.17) is 9.47 Å². The summed E-state index contributed by atoms with van der Waals surface area (Å²) in [6.07, 6.45) is 0. The van der Waals surface area contributed by atoms with Crippen LogP contribution in [0.2, 0.25) is 0 Å². The summed E-state index contributed by atoms with van der Waals surface area (Å²) >= 11 is 0. The monoisotopic (exact) mass is 981 g/mol. The predicted molar refractivity (Wildman–Crippen MR) is 312 cm³/mol. The Morgan fingerprint density at radius 2 is 0.494 bits per heavy atom. The first kappa shape index (κ1) is 43.4. The van der Waals surface area contributed by atoms with Crippen molar-refractivity contribution in [2.75, 3.05) is 4.90 Å². The lowest BCUT2D eigenvalue weighted by Crippen LogP contribution is -2.32. The van der Waals surface area contributed by atoms with E-state index in [0.717, 1.165) is 95.7 Å². The number of hydrogen-bond acceptors (Lipinski definition) is 3. The fraction of sp³-hybridized carbons (Fsp3) is 0.0270. The van der Waals surface area contributed by atoms with Crippen LogP contribution in [0.4, 0.5) is 17.1 Å². The minimum atomic E-state index is -0.610. The van der Waals surface area contributed by atoms with Gasteiger partial charge in [0.1, 0.15) is 23.0 Å². The van der Waals surface area contributed by atoms with Gasteiger partial charge >= 0.3 is 0 Å². The van der Waals surface area contributed by atoms with Crippen LogP contribution in [0.3, 0.4) is 0 Å². The molecule has 77 heavy (non-hydrogen) atoms. The molecule has 2 aliphatic heterocycles. The van der Waals surface area contributed by atoms with Crippen molar-refractivity contribution in [2.45, 2.75) is 10.8 Å². The van der Waals surface area contributed by atoms with E-state index in [1.54, 1.807) is 0 Å². The van der Waals surface area contributed by atoms with Gasteiger partial charge in [0.05, 0.1) is 27.9 Å². The molecule has 3 nitrogen and oxygen atoms in total. The van der Waals surface area contributed by atoms with Gasteiger partial charge in [-0.25, -0.2) is 0 Å². The predicted octanol–water partition coefficient (Wildman–Crippen LogP) is 19.1. The van der Waals surface area contributed by atoms with E-state index in [2.05, 4.69) is 290 Å². The maximum atomic E-state index is 6.75. The first-order chi connectivity index (χ1) is 38.2. The normalized spacial score (nSPS) is 13.9. The summed E-state index contributed by atoms with van der Waals surface area (Å²) in [5.41, 5.74) is 23.3. The second-order valence-electron chi connectivity index (χ2n) is 20.5. The average Bonchev–Trinajstić information content (AvgIpc) is 4.19. The quantitative estimate of drug-likeness (QED) is 0.166. The van der Waals surface area contributed by atoms with Crippen LogP contribution < -0.4 is 14.4 Å². The van der Waals surface area contributed by atoms with Gasteiger partial charge in [0, 0.05) is 38.9 Å². The highest BCUT2D eigenvalue weighted by atomic mass is 16.5. The molecule has 16 rings (SSSR count). The number of hydrogen-bond donors (Lipinski definition) is 0. The zero-order chi connectivity index (χ0) is 50.7. The van der Waals surface area contributed by atoms with Crippen LogP contribution in [-0.2, 0) is 10.8 Å². The Kier molecular flexibility index (Phi) is 9.47. The molecule has 0 atom stereocenters. The Hall–Kier alpha value is -9.96. The minimum Gasteiger partial charge on any atom is -0.457 e. The highest BCUT2D eigenvalue weighted by Crippen LogP contribution is 2.66. The highest BCUT2D eigenvalue weighted by molar-refractivity contribution is 6.05. The molecule has 12 aromatic rings. The molecule has 12 aromatic carbocycles. The number of benzene rings is 12. The lowest BCUT2D eigenvalue weighted by molar-refractivity contribution is 0.436. The first-order valence-corrected chi connectivity index (χ1v) is 26.6. The van der Waals surface area contributed by atoms with Crippen molar-refractivity contribution in [2.24, 2.45) is 0 Å². The van der Waals surface area contributed by atoms with Crippen LogP contribution in [0.25, 0.3) is 55.6 Å². The van der Waals surface area contributed by atoms with Crippen molar-refractivity contribution >= 4 is 17.1 Å². The summed E-state index contributed by atoms with van der Waals surface area (Å²) in [7, 11) is 0. The van der Waals surface area contributed by atoms with E-state index in [-0.39, 0.29) is 0 Å². The number of nitrogens with zero attached hydrogens (tertiary/aromatic N) is 1. The smallest absolute Gasteiger partial charge is 0.132 e. The zero-order valence-electron chi connectivity index (χ0n) is 41.9. The molecular weight excluding hydrogens is 935 g/mol. The van der Waals surface area contributed by atoms with Crippen LogP contribution >= 0.6 is 0 Å². The number of ether oxygens (including phenoxy) is 2. The Morgan fingerprint density at radius 3 is 0.909 bits per heavy atom. The first-order valence-electron chi connectivity index (χ1n) is 26.6. The Labute approximate surface area is 448 Å². The highest BCUT2D eigenvalue weighted by Gasteiger charge is 2.53. The Balaban J connectivity index is 0.972. The number of para-hydroxylation sites is 7. The van der Waals surface area contributed by atoms with E-state index in [1.165, 1.54) is 44.5 Å². The van der Waals surface area contributed by atoms with Crippen LogP contribution in [0, 0.1) is 0 Å². The fourth-order valence-corrected chi connectivity index (χ4v) is 14.0. The van der Waals surface area contributed by atoms with Crippen molar-refractivity contribution in [3.63, 3.8) is 0 Å². The molecule has 0 saturated heterocycles. The summed E-state index contributed by atoms with van der Waals surface area (Å²) in [5, 5.41) is 0. The SMILES string of the molecule is c1ccc(-c2ccccc2N(c2ccccc2-c2cccc3c2-c2ccccc2C32c3ccccc3Oc3ccccc32)c2ccccc2-c2cccc3c2-c2ccccc2C32c3ccccc3Oc3ccccc32)cc1. The number of fused-ring (bicyclic) bond motifs is 18. The Bertz CT molecular complexity index is 4050. The molecule has 0 unspecified atom stereocenters. The van der Waals surface area contributed by atoms with Gasteiger partial charge in [-0.1, -0.05) is 243 Å². The second-order valence-corrected chi connectivity index (χ2v) is 20.5. The maximum Gasteiger partial charge on any atom is 0.132 e. The van der Waals surface area contributed by atoms with Gasteiger partial charge in [-0.15, -0.1) is 0 Å². The van der Waals surface area contributed by atoms with Crippen LogP contribution in [0.1, 0.15) is 44.5 Å². The fourth-order valence-electron chi connectivity index (χ4n) is 14.0. The minimum absolute atomic E-state index is 0.610. The lowest BCUT2D eigenvalue weighted by Gasteiger charge is -2.39. The maximum absolute atomic E-state index is 6.75. The molecule has 0 N–H and O–H groups in total. The molecule has 2 heterocycles. The van der Waals surface area contributed by atoms with Crippen LogP contribution in [0.5, 0.6) is 23.0 Å². The second kappa shape index (κ2) is 16.8. The molecule has 0 amide bonds. The van der Waals surface area contributed by atoms with Crippen LogP contribution in [0.15, 0.2) is 285 Å². The van der Waals surface area contributed by atoms with Crippen molar-refractivity contribution in [3.8, 4) is 78.6 Å². The summed E-state index contributed by atoms with van der Waals surface area (Å²) in [6, 6.07) is 104. The van der Waals surface area contributed by atoms with Crippen LogP contribution in [-0.4, -0.2) is 0 Å². The Morgan fingerprint density at radius 1 is 0.208 bits per heavy atom. The number of anilines is 3. The van der Waals surface area contributed by atoms with E-state index in [1.807, 2.05) is 0 Å². The van der Waals surface area contributed by atoms with Crippen molar-refractivity contribution in [3.05, 3.63) is 330 Å². The van der Waals surface area contributed by atoms with Gasteiger partial charge in [0.15, 0.2) is 0 Å². The third-order valence-corrected chi connectivity index (χ3v) is 16.8. The van der Waals surface area contributed by atoms with Crippen molar-refractivity contribution in [1.29, 1.82) is 0 Å².